The molecule has 0 aliphatic carbocycles. The lowest BCUT2D eigenvalue weighted by Crippen LogP contribution is -2.45. The third kappa shape index (κ3) is 7.55. The molecule has 33 heavy (non-hydrogen) atoms. The Hall–Kier alpha value is -2.96. The standard InChI is InChI=1S/C21H24FN3O6S2/c1-23-21(28)24-19(26)18(14-8-4-3-5-9-14)31-20(27)16(12-13-32-2)25-33(29,30)17-11-7-6-10-15(17)22/h3-11,16,18,25H,12-13H2,1-2H3,(H2,23,24,26,28)/t16-,18+/m0/s1. The van der Waals surface area contributed by atoms with Crippen molar-refractivity contribution in [1.82, 2.24) is 15.4 Å². The van der Waals surface area contributed by atoms with Crippen molar-refractivity contribution in [2.24, 2.45) is 0 Å². The third-order valence-electron chi connectivity index (χ3n) is 4.36. The lowest BCUT2D eigenvalue weighted by Gasteiger charge is -2.22. The maximum absolute atomic E-state index is 14.1. The van der Waals surface area contributed by atoms with Gasteiger partial charge in [0, 0.05) is 12.6 Å². The first-order valence-electron chi connectivity index (χ1n) is 9.73. The van der Waals surface area contributed by atoms with Crippen molar-refractivity contribution >= 4 is 39.7 Å². The molecule has 178 valence electrons. The van der Waals surface area contributed by atoms with Gasteiger partial charge in [0.15, 0.2) is 0 Å². The zero-order valence-corrected chi connectivity index (χ0v) is 19.5. The summed E-state index contributed by atoms with van der Waals surface area (Å²) in [5.74, 6) is -2.58. The molecule has 12 heteroatoms. The summed E-state index contributed by atoms with van der Waals surface area (Å²) in [5.41, 5.74) is 0.271. The zero-order chi connectivity index (χ0) is 24.4. The van der Waals surface area contributed by atoms with Crippen LogP contribution in [-0.2, 0) is 24.3 Å². The number of urea groups is 1. The summed E-state index contributed by atoms with van der Waals surface area (Å²) in [5, 5.41) is 4.26. The number of ether oxygens (including phenoxy) is 1. The van der Waals surface area contributed by atoms with Crippen LogP contribution in [0.3, 0.4) is 0 Å². The predicted molar refractivity (Wildman–Crippen MR) is 121 cm³/mol. The van der Waals surface area contributed by atoms with Crippen LogP contribution >= 0.6 is 11.8 Å². The van der Waals surface area contributed by atoms with Gasteiger partial charge in [-0.25, -0.2) is 17.6 Å². The SMILES string of the molecule is CNC(=O)NC(=O)[C@H](OC(=O)[C@H](CCSC)NS(=O)(=O)c1ccccc1F)c1ccccc1. The van der Waals surface area contributed by atoms with E-state index in [0.717, 1.165) is 12.1 Å². The number of halogens is 1. The molecule has 0 fully saturated rings. The van der Waals surface area contributed by atoms with Crippen molar-refractivity contribution in [3.8, 4) is 0 Å². The monoisotopic (exact) mass is 497 g/mol. The molecule has 2 aromatic rings. The van der Waals surface area contributed by atoms with Crippen LogP contribution in [-0.4, -0.2) is 51.4 Å². The Bertz CT molecular complexity index is 1080. The van der Waals surface area contributed by atoms with Gasteiger partial charge in [0.1, 0.15) is 16.8 Å². The molecule has 2 rings (SSSR count). The van der Waals surface area contributed by atoms with E-state index < -0.39 is 50.8 Å². The minimum absolute atomic E-state index is 0.0201. The Labute approximate surface area is 195 Å². The Kier molecular flexibility index (Phi) is 9.82. The van der Waals surface area contributed by atoms with E-state index in [1.165, 1.54) is 43.1 Å². The highest BCUT2D eigenvalue weighted by Crippen LogP contribution is 2.21. The van der Waals surface area contributed by atoms with E-state index in [-0.39, 0.29) is 12.0 Å². The second kappa shape index (κ2) is 12.3. The predicted octanol–water partition coefficient (Wildman–Crippen LogP) is 1.97. The van der Waals surface area contributed by atoms with Gasteiger partial charge in [-0.2, -0.15) is 16.5 Å². The number of carbonyl (C=O) groups is 3. The number of rotatable bonds is 10. The van der Waals surface area contributed by atoms with E-state index in [9.17, 15) is 27.2 Å². The summed E-state index contributed by atoms with van der Waals surface area (Å²) in [4.78, 5) is 36.5. The van der Waals surface area contributed by atoms with E-state index in [1.807, 2.05) is 5.32 Å². The van der Waals surface area contributed by atoms with E-state index in [1.54, 1.807) is 24.5 Å². The molecule has 0 aromatic heterocycles. The summed E-state index contributed by atoms with van der Waals surface area (Å²) in [6, 6.07) is 10.5. The van der Waals surface area contributed by atoms with Gasteiger partial charge in [-0.3, -0.25) is 14.9 Å². The molecule has 0 radical (unpaired) electrons. The van der Waals surface area contributed by atoms with Crippen molar-refractivity contribution in [3.05, 3.63) is 66.0 Å². The lowest BCUT2D eigenvalue weighted by atomic mass is 10.1. The number of hydrogen-bond acceptors (Lipinski definition) is 7. The van der Waals surface area contributed by atoms with Crippen molar-refractivity contribution in [2.45, 2.75) is 23.5 Å². The van der Waals surface area contributed by atoms with E-state index in [4.69, 9.17) is 4.74 Å². The number of benzene rings is 2. The molecule has 2 aromatic carbocycles. The van der Waals surface area contributed by atoms with Crippen LogP contribution in [0.1, 0.15) is 18.1 Å². The van der Waals surface area contributed by atoms with Crippen LogP contribution in [0.5, 0.6) is 0 Å². The summed E-state index contributed by atoms with van der Waals surface area (Å²) in [6.07, 6.45) is 0.259. The highest BCUT2D eigenvalue weighted by atomic mass is 32.2. The average molecular weight is 498 g/mol. The van der Waals surface area contributed by atoms with Gasteiger partial charge in [-0.05, 0) is 30.6 Å². The number of sulfonamides is 1. The summed E-state index contributed by atoms with van der Waals surface area (Å²) < 4.78 is 47.0. The number of amides is 3. The first kappa shape index (κ1) is 26.3. The molecule has 0 spiro atoms. The normalized spacial score (nSPS) is 12.9. The fourth-order valence-corrected chi connectivity index (χ4v) is 4.48. The fraction of sp³-hybridized carbons (Fsp3) is 0.286. The minimum Gasteiger partial charge on any atom is -0.446 e. The molecule has 0 saturated carbocycles. The van der Waals surface area contributed by atoms with Crippen LogP contribution in [0.15, 0.2) is 59.5 Å². The molecule has 0 aliphatic heterocycles. The Morgan fingerprint density at radius 3 is 2.30 bits per heavy atom. The highest BCUT2D eigenvalue weighted by Gasteiger charge is 2.33. The molecule has 0 heterocycles. The van der Waals surface area contributed by atoms with E-state index >= 15 is 0 Å². The molecular formula is C21H24FN3O6S2. The molecule has 3 N–H and O–H groups in total. The van der Waals surface area contributed by atoms with Gasteiger partial charge in [-0.15, -0.1) is 0 Å². The van der Waals surface area contributed by atoms with Crippen molar-refractivity contribution in [3.63, 3.8) is 0 Å². The molecule has 3 amide bonds. The molecule has 0 saturated heterocycles. The molecule has 2 atom stereocenters. The van der Waals surface area contributed by atoms with Gasteiger partial charge in [0.2, 0.25) is 16.1 Å². The average Bonchev–Trinajstić information content (AvgIpc) is 2.80. The van der Waals surface area contributed by atoms with Crippen molar-refractivity contribution < 1.29 is 31.9 Å². The Morgan fingerprint density at radius 1 is 1.06 bits per heavy atom. The van der Waals surface area contributed by atoms with E-state index in [0.29, 0.717) is 5.75 Å². The molecular weight excluding hydrogens is 473 g/mol. The lowest BCUT2D eigenvalue weighted by molar-refractivity contribution is -0.157. The number of thioether (sulfide) groups is 1. The first-order valence-corrected chi connectivity index (χ1v) is 12.6. The summed E-state index contributed by atoms with van der Waals surface area (Å²) in [7, 11) is -3.10. The molecule has 0 aliphatic rings. The van der Waals surface area contributed by atoms with Crippen LogP contribution in [0.2, 0.25) is 0 Å². The number of imide groups is 1. The van der Waals surface area contributed by atoms with Crippen molar-refractivity contribution in [2.75, 3.05) is 19.1 Å². The maximum atomic E-state index is 14.1. The number of hydrogen-bond donors (Lipinski definition) is 3. The van der Waals surface area contributed by atoms with Crippen LogP contribution in [0.25, 0.3) is 0 Å². The number of carbonyl (C=O) groups excluding carboxylic acids is 3. The van der Waals surface area contributed by atoms with E-state index in [2.05, 4.69) is 10.0 Å². The Morgan fingerprint density at radius 2 is 1.70 bits per heavy atom. The van der Waals surface area contributed by atoms with Crippen LogP contribution in [0, 0.1) is 5.82 Å². The molecule has 9 nitrogen and oxygen atoms in total. The third-order valence-corrected chi connectivity index (χ3v) is 6.51. The largest absolute Gasteiger partial charge is 0.446 e. The molecule has 0 bridgehead atoms. The summed E-state index contributed by atoms with van der Waals surface area (Å²) in [6.45, 7) is 0. The quantitative estimate of drug-likeness (QED) is 0.428. The van der Waals surface area contributed by atoms with Gasteiger partial charge in [0.05, 0.1) is 0 Å². The molecule has 0 unspecified atom stereocenters. The topological polar surface area (TPSA) is 131 Å². The first-order chi connectivity index (χ1) is 15.7. The number of nitrogens with one attached hydrogen (secondary N) is 3. The number of esters is 1. The smallest absolute Gasteiger partial charge is 0.325 e. The minimum atomic E-state index is -4.41. The second-order valence-electron chi connectivity index (χ2n) is 6.68. The van der Waals surface area contributed by atoms with Crippen LogP contribution in [0.4, 0.5) is 9.18 Å². The fourth-order valence-electron chi connectivity index (χ4n) is 2.71. The van der Waals surface area contributed by atoms with Crippen molar-refractivity contribution in [1.29, 1.82) is 0 Å². The maximum Gasteiger partial charge on any atom is 0.325 e. The van der Waals surface area contributed by atoms with Gasteiger partial charge >= 0.3 is 12.0 Å². The highest BCUT2D eigenvalue weighted by molar-refractivity contribution is 7.98. The van der Waals surface area contributed by atoms with Gasteiger partial charge in [0.25, 0.3) is 5.91 Å². The van der Waals surface area contributed by atoms with Crippen LogP contribution < -0.4 is 15.4 Å². The zero-order valence-electron chi connectivity index (χ0n) is 17.9. The van der Waals surface area contributed by atoms with Gasteiger partial charge in [-0.1, -0.05) is 42.5 Å². The second-order valence-corrected chi connectivity index (χ2v) is 9.35. The van der Waals surface area contributed by atoms with Gasteiger partial charge < -0.3 is 10.1 Å². The summed E-state index contributed by atoms with van der Waals surface area (Å²) >= 11 is 1.36. The Balaban J connectivity index is 2.31.